The molecule has 3 nitrogen and oxygen atoms in total. The second kappa shape index (κ2) is 11.4. The van der Waals surface area contributed by atoms with Crippen LogP contribution in [0.2, 0.25) is 0 Å². The molecule has 0 bridgehead atoms. The molecule has 0 saturated carbocycles. The Kier molecular flexibility index (Phi) is 12.5. The Balaban J connectivity index is 0. The SMILES string of the molecule is CCCCCC(C)(C)CNC(=NC)NCCC(F)(F)F.I. The third-order valence-corrected chi connectivity index (χ3v) is 3.12. The Morgan fingerprint density at radius 3 is 2.14 bits per heavy atom. The van der Waals surface area contributed by atoms with E-state index < -0.39 is 12.6 Å². The maximum atomic E-state index is 12.1. The molecule has 0 heterocycles. The predicted molar refractivity (Wildman–Crippen MR) is 93.4 cm³/mol. The third kappa shape index (κ3) is 14.5. The topological polar surface area (TPSA) is 36.4 Å². The molecule has 0 fully saturated rings. The van der Waals surface area contributed by atoms with E-state index in [9.17, 15) is 13.2 Å². The van der Waals surface area contributed by atoms with Gasteiger partial charge in [0.2, 0.25) is 0 Å². The van der Waals surface area contributed by atoms with Crippen molar-refractivity contribution in [1.82, 2.24) is 10.6 Å². The summed E-state index contributed by atoms with van der Waals surface area (Å²) >= 11 is 0. The summed E-state index contributed by atoms with van der Waals surface area (Å²) in [6.07, 6.45) is -0.330. The van der Waals surface area contributed by atoms with Crippen molar-refractivity contribution in [3.05, 3.63) is 0 Å². The number of hydrogen-bond donors (Lipinski definition) is 2. The van der Waals surface area contributed by atoms with Crippen LogP contribution >= 0.6 is 24.0 Å². The number of hydrogen-bond acceptors (Lipinski definition) is 1. The first-order valence-electron chi connectivity index (χ1n) is 7.21. The Morgan fingerprint density at radius 1 is 1.05 bits per heavy atom. The number of halogens is 4. The summed E-state index contributed by atoms with van der Waals surface area (Å²) in [5, 5.41) is 5.78. The van der Waals surface area contributed by atoms with Gasteiger partial charge in [0.1, 0.15) is 0 Å². The minimum absolute atomic E-state index is 0. The molecule has 128 valence electrons. The van der Waals surface area contributed by atoms with Gasteiger partial charge in [-0.2, -0.15) is 13.2 Å². The highest BCUT2D eigenvalue weighted by atomic mass is 127. The number of nitrogens with one attached hydrogen (secondary N) is 2. The molecule has 0 aliphatic rings. The number of guanidine groups is 1. The van der Waals surface area contributed by atoms with Crippen molar-refractivity contribution >= 4 is 29.9 Å². The van der Waals surface area contributed by atoms with E-state index in [4.69, 9.17) is 0 Å². The number of alkyl halides is 3. The fraction of sp³-hybridized carbons (Fsp3) is 0.929. The number of aliphatic imine (C=N–C) groups is 1. The average molecular weight is 423 g/mol. The van der Waals surface area contributed by atoms with E-state index in [1.807, 2.05) is 0 Å². The van der Waals surface area contributed by atoms with Crippen LogP contribution in [0.4, 0.5) is 13.2 Å². The van der Waals surface area contributed by atoms with Crippen molar-refractivity contribution in [2.24, 2.45) is 10.4 Å². The van der Waals surface area contributed by atoms with Crippen molar-refractivity contribution in [3.63, 3.8) is 0 Å². The minimum atomic E-state index is -4.13. The molecule has 0 unspecified atom stereocenters. The van der Waals surface area contributed by atoms with E-state index in [2.05, 4.69) is 36.4 Å². The molecule has 21 heavy (non-hydrogen) atoms. The van der Waals surface area contributed by atoms with E-state index in [1.165, 1.54) is 19.3 Å². The third-order valence-electron chi connectivity index (χ3n) is 3.12. The highest BCUT2D eigenvalue weighted by Gasteiger charge is 2.26. The van der Waals surface area contributed by atoms with Crippen LogP contribution in [0.25, 0.3) is 0 Å². The van der Waals surface area contributed by atoms with Crippen LogP contribution in [0.3, 0.4) is 0 Å². The van der Waals surface area contributed by atoms with Crippen molar-refractivity contribution in [3.8, 4) is 0 Å². The van der Waals surface area contributed by atoms with Crippen LogP contribution in [-0.2, 0) is 0 Å². The molecule has 0 spiro atoms. The van der Waals surface area contributed by atoms with Gasteiger partial charge in [-0.05, 0) is 11.8 Å². The summed E-state index contributed by atoms with van der Waals surface area (Å²) in [5.74, 6) is 0.429. The van der Waals surface area contributed by atoms with Crippen molar-refractivity contribution in [2.75, 3.05) is 20.1 Å². The molecule has 0 atom stereocenters. The van der Waals surface area contributed by atoms with Gasteiger partial charge >= 0.3 is 6.18 Å². The molecule has 7 heteroatoms. The van der Waals surface area contributed by atoms with E-state index in [0.717, 1.165) is 6.42 Å². The van der Waals surface area contributed by atoms with Crippen LogP contribution in [0.5, 0.6) is 0 Å². The molecule has 0 aromatic heterocycles. The maximum Gasteiger partial charge on any atom is 0.390 e. The quantitative estimate of drug-likeness (QED) is 0.264. The zero-order chi connectivity index (χ0) is 15.6. The van der Waals surface area contributed by atoms with Crippen LogP contribution in [0.1, 0.15) is 52.9 Å². The predicted octanol–water partition coefficient (Wildman–Crippen LogP) is 4.33. The van der Waals surface area contributed by atoms with Crippen LogP contribution < -0.4 is 10.6 Å². The lowest BCUT2D eigenvalue weighted by molar-refractivity contribution is -0.132. The molecule has 2 N–H and O–H groups in total. The largest absolute Gasteiger partial charge is 0.390 e. The molecule has 0 amide bonds. The monoisotopic (exact) mass is 423 g/mol. The smallest absolute Gasteiger partial charge is 0.356 e. The van der Waals surface area contributed by atoms with Gasteiger partial charge in [-0.15, -0.1) is 24.0 Å². The van der Waals surface area contributed by atoms with Gasteiger partial charge in [-0.25, -0.2) is 0 Å². The number of unbranched alkanes of at least 4 members (excludes halogenated alkanes) is 2. The zero-order valence-corrected chi connectivity index (χ0v) is 15.8. The van der Waals surface area contributed by atoms with Gasteiger partial charge in [0.15, 0.2) is 5.96 Å². The number of rotatable bonds is 8. The van der Waals surface area contributed by atoms with Crippen LogP contribution in [-0.4, -0.2) is 32.3 Å². The van der Waals surface area contributed by atoms with E-state index in [-0.39, 0.29) is 35.9 Å². The molecule has 0 aromatic carbocycles. The minimum Gasteiger partial charge on any atom is -0.356 e. The molecule has 0 radical (unpaired) electrons. The van der Waals surface area contributed by atoms with E-state index in [1.54, 1.807) is 7.05 Å². The summed E-state index contributed by atoms with van der Waals surface area (Å²) in [6.45, 7) is 7.01. The van der Waals surface area contributed by atoms with Gasteiger partial charge in [0, 0.05) is 20.1 Å². The summed E-state index contributed by atoms with van der Waals surface area (Å²) < 4.78 is 36.2. The second-order valence-corrected chi connectivity index (χ2v) is 5.84. The van der Waals surface area contributed by atoms with E-state index >= 15 is 0 Å². The average Bonchev–Trinajstić information content (AvgIpc) is 2.32. The van der Waals surface area contributed by atoms with Crippen molar-refractivity contribution < 1.29 is 13.2 Å². The van der Waals surface area contributed by atoms with Crippen molar-refractivity contribution in [2.45, 2.75) is 59.1 Å². The van der Waals surface area contributed by atoms with Gasteiger partial charge in [-0.3, -0.25) is 4.99 Å². The highest BCUT2D eigenvalue weighted by molar-refractivity contribution is 14.0. The normalized spacial score (nSPS) is 12.8. The van der Waals surface area contributed by atoms with Crippen LogP contribution in [0.15, 0.2) is 4.99 Å². The molecule has 0 aliphatic carbocycles. The molecular weight excluding hydrogens is 394 g/mol. The van der Waals surface area contributed by atoms with Gasteiger partial charge in [0.05, 0.1) is 6.42 Å². The molecule has 0 aliphatic heterocycles. The molecular formula is C14H29F3IN3. The van der Waals surface area contributed by atoms with Crippen LogP contribution in [0, 0.1) is 5.41 Å². The second-order valence-electron chi connectivity index (χ2n) is 5.84. The first kappa shape index (κ1) is 23.1. The summed E-state index contributed by atoms with van der Waals surface area (Å²) in [6, 6.07) is 0. The summed E-state index contributed by atoms with van der Waals surface area (Å²) in [5.41, 5.74) is 0.108. The zero-order valence-electron chi connectivity index (χ0n) is 13.4. The van der Waals surface area contributed by atoms with Crippen molar-refractivity contribution in [1.29, 1.82) is 0 Å². The Bertz CT molecular complexity index is 292. The first-order chi connectivity index (χ1) is 9.20. The molecule has 0 rings (SSSR count). The Labute approximate surface area is 143 Å². The van der Waals surface area contributed by atoms with Gasteiger partial charge < -0.3 is 10.6 Å². The summed E-state index contributed by atoms with van der Waals surface area (Å²) in [4.78, 5) is 3.93. The lowest BCUT2D eigenvalue weighted by Gasteiger charge is -2.26. The fourth-order valence-electron chi connectivity index (χ4n) is 1.81. The lowest BCUT2D eigenvalue weighted by atomic mass is 9.87. The van der Waals surface area contributed by atoms with Gasteiger partial charge in [0.25, 0.3) is 0 Å². The molecule has 0 saturated heterocycles. The Morgan fingerprint density at radius 2 is 1.67 bits per heavy atom. The summed E-state index contributed by atoms with van der Waals surface area (Å²) in [7, 11) is 1.56. The fourth-order valence-corrected chi connectivity index (χ4v) is 1.81. The molecule has 0 aromatic rings. The van der Waals surface area contributed by atoms with E-state index in [0.29, 0.717) is 12.5 Å². The first-order valence-corrected chi connectivity index (χ1v) is 7.21. The lowest BCUT2D eigenvalue weighted by Crippen LogP contribution is -2.43. The number of nitrogens with zero attached hydrogens (tertiary/aromatic N) is 1. The highest BCUT2D eigenvalue weighted by Crippen LogP contribution is 2.22. The Hall–Kier alpha value is -0.210. The van der Waals surface area contributed by atoms with Gasteiger partial charge in [-0.1, -0.05) is 40.0 Å². The standard InChI is InChI=1S/C14H28F3N3.HI/c1-5-6-7-8-13(2,3)11-20-12(18-4)19-10-9-14(15,16)17;/h5-11H2,1-4H3,(H2,18,19,20);1H. The maximum absolute atomic E-state index is 12.1.